The van der Waals surface area contributed by atoms with E-state index in [9.17, 15) is 4.79 Å². The molecular weight excluding hydrogens is 390 g/mol. The molecule has 0 radical (unpaired) electrons. The SMILES string of the molecule is COC(=O)c1occc1CNc1c(Br)cc(C)cc1Br. The number of furan rings is 1. The lowest BCUT2D eigenvalue weighted by molar-refractivity contribution is 0.0563. The van der Waals surface area contributed by atoms with Crippen molar-refractivity contribution < 1.29 is 13.9 Å². The van der Waals surface area contributed by atoms with Gasteiger partial charge in [0, 0.05) is 21.1 Å². The number of aryl methyl sites for hydroxylation is 1. The molecule has 0 amide bonds. The number of rotatable bonds is 4. The number of anilines is 1. The van der Waals surface area contributed by atoms with Crippen molar-refractivity contribution in [2.24, 2.45) is 0 Å². The molecule has 20 heavy (non-hydrogen) atoms. The van der Waals surface area contributed by atoms with Gasteiger partial charge in [0.05, 0.1) is 19.1 Å². The molecule has 0 atom stereocenters. The Morgan fingerprint density at radius 2 is 2.00 bits per heavy atom. The molecular formula is C14H13Br2NO3. The largest absolute Gasteiger partial charge is 0.463 e. The van der Waals surface area contributed by atoms with Crippen LogP contribution in [0.4, 0.5) is 5.69 Å². The van der Waals surface area contributed by atoms with Crippen LogP contribution in [0.5, 0.6) is 0 Å². The van der Waals surface area contributed by atoms with Crippen molar-refractivity contribution in [2.45, 2.75) is 13.5 Å². The number of carbonyl (C=O) groups excluding carboxylic acids is 1. The Morgan fingerprint density at radius 3 is 2.60 bits per heavy atom. The summed E-state index contributed by atoms with van der Waals surface area (Å²) in [6.45, 7) is 2.48. The summed E-state index contributed by atoms with van der Waals surface area (Å²) in [5.74, 6) is -0.256. The minimum absolute atomic E-state index is 0.222. The zero-order valence-electron chi connectivity index (χ0n) is 11.0. The van der Waals surface area contributed by atoms with Crippen LogP contribution in [0.3, 0.4) is 0 Å². The maximum atomic E-state index is 11.5. The van der Waals surface area contributed by atoms with E-state index >= 15 is 0 Å². The number of halogens is 2. The van der Waals surface area contributed by atoms with Crippen LogP contribution < -0.4 is 5.32 Å². The summed E-state index contributed by atoms with van der Waals surface area (Å²) in [5.41, 5.74) is 2.82. The smallest absolute Gasteiger partial charge is 0.374 e. The highest BCUT2D eigenvalue weighted by Crippen LogP contribution is 2.32. The zero-order chi connectivity index (χ0) is 14.7. The fraction of sp³-hybridized carbons (Fsp3) is 0.214. The molecule has 106 valence electrons. The summed E-state index contributed by atoms with van der Waals surface area (Å²) >= 11 is 7.03. The van der Waals surface area contributed by atoms with Gasteiger partial charge in [0.15, 0.2) is 0 Å². The predicted octanol–water partition coefficient (Wildman–Crippen LogP) is 4.51. The van der Waals surface area contributed by atoms with Crippen molar-refractivity contribution in [3.63, 3.8) is 0 Å². The van der Waals surface area contributed by atoms with Gasteiger partial charge in [-0.05, 0) is 62.5 Å². The summed E-state index contributed by atoms with van der Waals surface area (Å²) in [5, 5.41) is 3.27. The topological polar surface area (TPSA) is 51.5 Å². The summed E-state index contributed by atoms with van der Waals surface area (Å²) in [4.78, 5) is 11.5. The van der Waals surface area contributed by atoms with Gasteiger partial charge in [-0.15, -0.1) is 0 Å². The third-order valence-electron chi connectivity index (χ3n) is 2.76. The van der Waals surface area contributed by atoms with Gasteiger partial charge in [-0.25, -0.2) is 4.79 Å². The van der Waals surface area contributed by atoms with Crippen LogP contribution in [0, 0.1) is 6.92 Å². The molecule has 4 nitrogen and oxygen atoms in total. The van der Waals surface area contributed by atoms with Gasteiger partial charge in [-0.2, -0.15) is 0 Å². The van der Waals surface area contributed by atoms with E-state index in [1.54, 1.807) is 6.07 Å². The lowest BCUT2D eigenvalue weighted by Gasteiger charge is -2.11. The van der Waals surface area contributed by atoms with Gasteiger partial charge in [-0.3, -0.25) is 0 Å². The maximum absolute atomic E-state index is 11.5. The first kappa shape index (κ1) is 15.1. The molecule has 1 heterocycles. The summed E-state index contributed by atoms with van der Waals surface area (Å²) < 4.78 is 11.7. The van der Waals surface area contributed by atoms with Crippen LogP contribution in [0.1, 0.15) is 21.7 Å². The maximum Gasteiger partial charge on any atom is 0.374 e. The normalized spacial score (nSPS) is 10.4. The monoisotopic (exact) mass is 401 g/mol. The molecule has 0 unspecified atom stereocenters. The molecule has 0 saturated carbocycles. The van der Waals surface area contributed by atoms with Crippen molar-refractivity contribution in [1.29, 1.82) is 0 Å². The molecule has 0 bridgehead atoms. The van der Waals surface area contributed by atoms with Crippen molar-refractivity contribution >= 4 is 43.5 Å². The standard InChI is InChI=1S/C14H13Br2NO3/c1-8-5-10(15)12(11(16)6-8)17-7-9-3-4-20-13(9)14(18)19-2/h3-6,17H,7H2,1-2H3. The quantitative estimate of drug-likeness (QED) is 0.764. The number of carbonyl (C=O) groups is 1. The second kappa shape index (κ2) is 6.45. The highest BCUT2D eigenvalue weighted by molar-refractivity contribution is 9.11. The third-order valence-corrected chi connectivity index (χ3v) is 4.01. The molecule has 2 aromatic rings. The number of nitrogens with one attached hydrogen (secondary N) is 1. The molecule has 2 rings (SSSR count). The highest BCUT2D eigenvalue weighted by atomic mass is 79.9. The molecule has 0 aliphatic carbocycles. The number of benzene rings is 1. The molecule has 0 aliphatic rings. The van der Waals surface area contributed by atoms with Crippen LogP contribution in [0.15, 0.2) is 37.8 Å². The number of hydrogen-bond acceptors (Lipinski definition) is 4. The molecule has 0 saturated heterocycles. The van der Waals surface area contributed by atoms with E-state index in [-0.39, 0.29) is 5.76 Å². The summed E-state index contributed by atoms with van der Waals surface area (Å²) in [6, 6.07) is 5.78. The van der Waals surface area contributed by atoms with E-state index in [0.717, 1.165) is 25.8 Å². The second-order valence-corrected chi connectivity index (χ2v) is 5.93. The van der Waals surface area contributed by atoms with Crippen molar-refractivity contribution in [2.75, 3.05) is 12.4 Å². The molecule has 1 aromatic carbocycles. The van der Waals surface area contributed by atoms with E-state index in [1.165, 1.54) is 13.4 Å². The average Bonchev–Trinajstić information content (AvgIpc) is 2.85. The Morgan fingerprint density at radius 1 is 1.35 bits per heavy atom. The Hall–Kier alpha value is -1.27. The molecule has 6 heteroatoms. The number of hydrogen-bond donors (Lipinski definition) is 1. The van der Waals surface area contributed by atoms with Crippen LogP contribution in [-0.4, -0.2) is 13.1 Å². The molecule has 1 N–H and O–H groups in total. The van der Waals surface area contributed by atoms with Crippen molar-refractivity contribution in [3.05, 3.63) is 50.3 Å². The van der Waals surface area contributed by atoms with Crippen LogP contribution in [0.2, 0.25) is 0 Å². The molecule has 0 aliphatic heterocycles. The molecule has 0 spiro atoms. The van der Waals surface area contributed by atoms with Crippen molar-refractivity contribution in [1.82, 2.24) is 0 Å². The van der Waals surface area contributed by atoms with Gasteiger partial charge < -0.3 is 14.5 Å². The van der Waals surface area contributed by atoms with E-state index < -0.39 is 5.97 Å². The van der Waals surface area contributed by atoms with Crippen LogP contribution >= 0.6 is 31.9 Å². The van der Waals surface area contributed by atoms with E-state index in [1.807, 2.05) is 19.1 Å². The van der Waals surface area contributed by atoms with Crippen molar-refractivity contribution in [3.8, 4) is 0 Å². The minimum atomic E-state index is -0.478. The summed E-state index contributed by atoms with van der Waals surface area (Å²) in [7, 11) is 1.33. The lowest BCUT2D eigenvalue weighted by atomic mass is 10.2. The molecule has 1 aromatic heterocycles. The van der Waals surface area contributed by atoms with E-state index in [0.29, 0.717) is 6.54 Å². The van der Waals surface area contributed by atoms with Crippen LogP contribution in [0.25, 0.3) is 0 Å². The Kier molecular flexibility index (Phi) is 4.88. The third kappa shape index (κ3) is 3.24. The number of ether oxygens (including phenoxy) is 1. The minimum Gasteiger partial charge on any atom is -0.463 e. The number of esters is 1. The fourth-order valence-electron chi connectivity index (χ4n) is 1.80. The van der Waals surface area contributed by atoms with Gasteiger partial charge >= 0.3 is 5.97 Å². The Balaban J connectivity index is 2.18. The second-order valence-electron chi connectivity index (χ2n) is 4.22. The highest BCUT2D eigenvalue weighted by Gasteiger charge is 2.16. The predicted molar refractivity (Wildman–Crippen MR) is 84.0 cm³/mol. The van der Waals surface area contributed by atoms with Gasteiger partial charge in [0.2, 0.25) is 5.76 Å². The van der Waals surface area contributed by atoms with Crippen LogP contribution in [-0.2, 0) is 11.3 Å². The first-order valence-corrected chi connectivity index (χ1v) is 7.45. The Labute approximate surface area is 133 Å². The van der Waals surface area contributed by atoms with E-state index in [2.05, 4.69) is 41.9 Å². The first-order chi connectivity index (χ1) is 9.52. The Bertz CT molecular complexity index is 614. The average molecular weight is 403 g/mol. The van der Waals surface area contributed by atoms with Gasteiger partial charge in [0.1, 0.15) is 0 Å². The lowest BCUT2D eigenvalue weighted by Crippen LogP contribution is -2.07. The molecule has 0 fully saturated rings. The fourth-order valence-corrected chi connectivity index (χ4v) is 3.49. The zero-order valence-corrected chi connectivity index (χ0v) is 14.2. The van der Waals surface area contributed by atoms with Gasteiger partial charge in [-0.1, -0.05) is 0 Å². The van der Waals surface area contributed by atoms with E-state index in [4.69, 9.17) is 4.42 Å². The number of methoxy groups -OCH3 is 1. The summed E-state index contributed by atoms with van der Waals surface area (Å²) in [6.07, 6.45) is 1.47. The first-order valence-electron chi connectivity index (χ1n) is 5.87. The van der Waals surface area contributed by atoms with Gasteiger partial charge in [0.25, 0.3) is 0 Å².